The summed E-state index contributed by atoms with van der Waals surface area (Å²) < 4.78 is 17.6. The fraction of sp³-hybridized carbons (Fsp3) is 0.727. The Bertz CT molecular complexity index is 526. The molecule has 2 aliphatic rings. The molecule has 3 atom stereocenters. The first kappa shape index (κ1) is 12.5. The minimum Gasteiger partial charge on any atom is -0.464 e. The SMILES string of the molecule is COC(=O)c1nnn2c1[C@@H]1OC(C)(C)O[C@@H]1[C@H](O)C2. The molecule has 0 spiro atoms. The van der Waals surface area contributed by atoms with Gasteiger partial charge in [-0.2, -0.15) is 0 Å². The molecule has 19 heavy (non-hydrogen) atoms. The predicted octanol–water partition coefficient (Wildman–Crippen LogP) is -0.368. The highest BCUT2D eigenvalue weighted by molar-refractivity contribution is 5.88. The summed E-state index contributed by atoms with van der Waals surface area (Å²) in [7, 11) is 1.28. The fourth-order valence-corrected chi connectivity index (χ4v) is 2.54. The zero-order valence-electron chi connectivity index (χ0n) is 10.9. The van der Waals surface area contributed by atoms with Crippen LogP contribution >= 0.6 is 0 Å². The van der Waals surface area contributed by atoms with Crippen molar-refractivity contribution in [2.24, 2.45) is 0 Å². The van der Waals surface area contributed by atoms with Crippen molar-refractivity contribution in [1.29, 1.82) is 0 Å². The summed E-state index contributed by atoms with van der Waals surface area (Å²) in [5.41, 5.74) is 0.596. The zero-order valence-corrected chi connectivity index (χ0v) is 10.9. The highest BCUT2D eigenvalue weighted by Gasteiger charge is 2.51. The van der Waals surface area contributed by atoms with Crippen molar-refractivity contribution in [3.63, 3.8) is 0 Å². The topological polar surface area (TPSA) is 95.7 Å². The lowest BCUT2D eigenvalue weighted by atomic mass is 9.99. The van der Waals surface area contributed by atoms with Gasteiger partial charge in [0.15, 0.2) is 11.5 Å². The van der Waals surface area contributed by atoms with Crippen LogP contribution in [0.2, 0.25) is 0 Å². The second-order valence-electron chi connectivity index (χ2n) is 5.09. The number of aromatic nitrogens is 3. The Balaban J connectivity index is 2.06. The van der Waals surface area contributed by atoms with Gasteiger partial charge in [-0.05, 0) is 13.8 Å². The van der Waals surface area contributed by atoms with Crippen molar-refractivity contribution in [2.75, 3.05) is 7.11 Å². The maximum atomic E-state index is 11.7. The molecule has 0 radical (unpaired) electrons. The van der Waals surface area contributed by atoms with Crippen LogP contribution in [0.15, 0.2) is 0 Å². The average Bonchev–Trinajstić information content (AvgIpc) is 2.88. The molecular formula is C11H15N3O5. The summed E-state index contributed by atoms with van der Waals surface area (Å²) in [4.78, 5) is 11.7. The van der Waals surface area contributed by atoms with E-state index in [1.54, 1.807) is 13.8 Å². The third-order valence-corrected chi connectivity index (χ3v) is 3.29. The molecule has 0 bridgehead atoms. The van der Waals surface area contributed by atoms with Crippen molar-refractivity contribution in [2.45, 2.75) is 44.5 Å². The van der Waals surface area contributed by atoms with Crippen molar-refractivity contribution >= 4 is 5.97 Å². The molecule has 1 aromatic rings. The lowest BCUT2D eigenvalue weighted by Crippen LogP contribution is -2.41. The van der Waals surface area contributed by atoms with E-state index < -0.39 is 30.1 Å². The number of nitrogens with zero attached hydrogens (tertiary/aromatic N) is 3. The molecule has 3 rings (SSSR count). The summed E-state index contributed by atoms with van der Waals surface area (Å²) in [6, 6.07) is 0. The molecule has 8 nitrogen and oxygen atoms in total. The molecule has 0 aliphatic carbocycles. The number of aliphatic hydroxyl groups excluding tert-OH is 1. The first-order chi connectivity index (χ1) is 8.93. The maximum absolute atomic E-state index is 11.7. The smallest absolute Gasteiger partial charge is 0.360 e. The van der Waals surface area contributed by atoms with Gasteiger partial charge >= 0.3 is 5.97 Å². The van der Waals surface area contributed by atoms with Gasteiger partial charge < -0.3 is 19.3 Å². The van der Waals surface area contributed by atoms with Gasteiger partial charge in [0.25, 0.3) is 0 Å². The average molecular weight is 269 g/mol. The largest absolute Gasteiger partial charge is 0.464 e. The number of esters is 1. The first-order valence-electron chi connectivity index (χ1n) is 5.98. The van der Waals surface area contributed by atoms with E-state index in [2.05, 4.69) is 15.0 Å². The molecule has 0 saturated carbocycles. The third kappa shape index (κ3) is 1.83. The van der Waals surface area contributed by atoms with Gasteiger partial charge in [0.2, 0.25) is 0 Å². The van der Waals surface area contributed by atoms with Gasteiger partial charge in [-0.25, -0.2) is 9.48 Å². The van der Waals surface area contributed by atoms with Crippen LogP contribution in [0.3, 0.4) is 0 Å². The van der Waals surface area contributed by atoms with E-state index in [-0.39, 0.29) is 12.2 Å². The number of fused-ring (bicyclic) bond motifs is 3. The van der Waals surface area contributed by atoms with Crippen molar-refractivity contribution < 1.29 is 24.1 Å². The Morgan fingerprint density at radius 2 is 2.26 bits per heavy atom. The Labute approximate surface area is 109 Å². The molecule has 1 fully saturated rings. The number of carbonyl (C=O) groups is 1. The molecule has 1 N–H and O–H groups in total. The lowest BCUT2D eigenvalue weighted by Gasteiger charge is -2.28. The van der Waals surface area contributed by atoms with Crippen LogP contribution in [-0.4, -0.2) is 51.2 Å². The van der Waals surface area contributed by atoms with E-state index in [0.29, 0.717) is 5.69 Å². The van der Waals surface area contributed by atoms with Crippen LogP contribution in [0, 0.1) is 0 Å². The number of methoxy groups -OCH3 is 1. The summed E-state index contributed by atoms with van der Waals surface area (Å²) in [5.74, 6) is -1.41. The highest BCUT2D eigenvalue weighted by Crippen LogP contribution is 2.43. The Kier molecular flexibility index (Phi) is 2.63. The zero-order chi connectivity index (χ0) is 13.8. The molecule has 1 aromatic heterocycles. The van der Waals surface area contributed by atoms with Crippen molar-refractivity contribution in [3.05, 3.63) is 11.4 Å². The second kappa shape index (κ2) is 3.99. The minimum atomic E-state index is -0.830. The monoisotopic (exact) mass is 269 g/mol. The maximum Gasteiger partial charge on any atom is 0.360 e. The molecule has 3 heterocycles. The first-order valence-corrected chi connectivity index (χ1v) is 5.98. The number of carbonyl (C=O) groups excluding carboxylic acids is 1. The third-order valence-electron chi connectivity index (χ3n) is 3.29. The number of aliphatic hydroxyl groups is 1. The van der Waals surface area contributed by atoms with Gasteiger partial charge in [-0.15, -0.1) is 5.10 Å². The molecule has 8 heteroatoms. The summed E-state index contributed by atoms with van der Waals surface area (Å²) in [5, 5.41) is 17.7. The van der Waals surface area contributed by atoms with E-state index in [1.807, 2.05) is 0 Å². The molecule has 104 valence electrons. The standard InChI is InChI=1S/C11H15N3O5/c1-11(2)18-8-5(15)4-14-7(9(8)19-11)6(12-13-14)10(16)17-3/h5,8-9,15H,4H2,1-3H3/t5-,8-,9+/m1/s1. The summed E-state index contributed by atoms with van der Waals surface area (Å²) in [6.45, 7) is 3.72. The highest BCUT2D eigenvalue weighted by atomic mass is 16.8. The van der Waals surface area contributed by atoms with E-state index in [1.165, 1.54) is 11.8 Å². The van der Waals surface area contributed by atoms with E-state index in [9.17, 15) is 9.90 Å². The number of ether oxygens (including phenoxy) is 3. The minimum absolute atomic E-state index is 0.103. The molecule has 0 aromatic carbocycles. The van der Waals surface area contributed by atoms with Crippen molar-refractivity contribution in [3.8, 4) is 0 Å². The second-order valence-corrected chi connectivity index (χ2v) is 5.09. The van der Waals surface area contributed by atoms with Gasteiger partial charge in [-0.3, -0.25) is 0 Å². The molecule has 1 saturated heterocycles. The van der Waals surface area contributed by atoms with Crippen LogP contribution in [0.25, 0.3) is 0 Å². The van der Waals surface area contributed by atoms with Crippen LogP contribution < -0.4 is 0 Å². The van der Waals surface area contributed by atoms with Crippen molar-refractivity contribution in [1.82, 2.24) is 15.0 Å². The van der Waals surface area contributed by atoms with Crippen LogP contribution in [0.4, 0.5) is 0 Å². The van der Waals surface area contributed by atoms with Gasteiger partial charge in [0, 0.05) is 0 Å². The number of rotatable bonds is 1. The van der Waals surface area contributed by atoms with Crippen LogP contribution in [0.5, 0.6) is 0 Å². The Morgan fingerprint density at radius 1 is 1.53 bits per heavy atom. The Hall–Kier alpha value is -1.51. The lowest BCUT2D eigenvalue weighted by molar-refractivity contribution is -0.154. The molecule has 2 aliphatic heterocycles. The number of hydrogen-bond acceptors (Lipinski definition) is 7. The van der Waals surface area contributed by atoms with E-state index in [4.69, 9.17) is 9.47 Å². The molecular weight excluding hydrogens is 254 g/mol. The fourth-order valence-electron chi connectivity index (χ4n) is 2.54. The predicted molar refractivity (Wildman–Crippen MR) is 60.1 cm³/mol. The quantitative estimate of drug-likeness (QED) is 0.695. The summed E-state index contributed by atoms with van der Waals surface area (Å²) in [6.07, 6.45) is -1.88. The number of hydrogen-bond donors (Lipinski definition) is 1. The van der Waals surface area contributed by atoms with E-state index in [0.717, 1.165) is 0 Å². The Morgan fingerprint density at radius 3 is 2.95 bits per heavy atom. The van der Waals surface area contributed by atoms with Crippen LogP contribution in [-0.2, 0) is 20.8 Å². The molecule has 0 unspecified atom stereocenters. The molecule has 0 amide bonds. The van der Waals surface area contributed by atoms with Gasteiger partial charge in [-0.1, -0.05) is 5.21 Å². The van der Waals surface area contributed by atoms with Gasteiger partial charge in [0.1, 0.15) is 24.0 Å². The van der Waals surface area contributed by atoms with E-state index >= 15 is 0 Å². The normalized spacial score (nSPS) is 31.7. The summed E-state index contributed by atoms with van der Waals surface area (Å²) >= 11 is 0. The van der Waals surface area contributed by atoms with Gasteiger partial charge in [0.05, 0.1) is 13.7 Å². The van der Waals surface area contributed by atoms with Crippen LogP contribution in [0.1, 0.15) is 36.1 Å².